The Hall–Kier alpha value is -1.50. The van der Waals surface area contributed by atoms with Gasteiger partial charge in [0.15, 0.2) is 0 Å². The molecule has 6 heteroatoms. The van der Waals surface area contributed by atoms with E-state index in [2.05, 4.69) is 6.92 Å². The molecule has 2 bridgehead atoms. The molecule has 168 valence electrons. The van der Waals surface area contributed by atoms with Gasteiger partial charge in [-0.05, 0) is 55.9 Å². The summed E-state index contributed by atoms with van der Waals surface area (Å²) >= 11 is 0. The minimum Gasteiger partial charge on any atom is -0.456 e. The lowest BCUT2D eigenvalue weighted by Gasteiger charge is -2.45. The van der Waals surface area contributed by atoms with Gasteiger partial charge in [0.25, 0.3) is 0 Å². The van der Waals surface area contributed by atoms with E-state index in [-0.39, 0.29) is 23.2 Å². The van der Waals surface area contributed by atoms with Crippen molar-refractivity contribution in [3.05, 3.63) is 23.3 Å². The molecule has 0 saturated heterocycles. The van der Waals surface area contributed by atoms with Gasteiger partial charge in [-0.15, -0.1) is 0 Å². The maximum Gasteiger partial charge on any atom is 0.333 e. The summed E-state index contributed by atoms with van der Waals surface area (Å²) in [7, 11) is 0. The Kier molecular flexibility index (Phi) is 5.85. The van der Waals surface area contributed by atoms with E-state index >= 15 is 0 Å². The Morgan fingerprint density at radius 2 is 1.97 bits per heavy atom. The third-order valence-corrected chi connectivity index (χ3v) is 8.54. The van der Waals surface area contributed by atoms with E-state index in [1.165, 1.54) is 0 Å². The summed E-state index contributed by atoms with van der Waals surface area (Å²) in [5, 5.41) is 33.5. The Morgan fingerprint density at radius 1 is 1.33 bits per heavy atom. The summed E-state index contributed by atoms with van der Waals surface area (Å²) in [5.41, 5.74) is -3.01. The lowest BCUT2D eigenvalue weighted by Crippen LogP contribution is -2.63. The molecule has 30 heavy (non-hydrogen) atoms. The van der Waals surface area contributed by atoms with E-state index in [0.717, 1.165) is 0 Å². The van der Waals surface area contributed by atoms with Crippen LogP contribution >= 0.6 is 0 Å². The molecule has 2 saturated carbocycles. The molecule has 7 unspecified atom stereocenters. The molecule has 7 atom stereocenters. The largest absolute Gasteiger partial charge is 0.456 e. The molecule has 0 aromatic carbocycles. The molecule has 0 amide bonds. The monoisotopic (exact) mass is 420 g/mol. The molecule has 3 rings (SSSR count). The number of aliphatic hydroxyl groups excluding tert-OH is 2. The first-order valence-corrected chi connectivity index (χ1v) is 11.0. The Bertz CT molecular complexity index is 796. The summed E-state index contributed by atoms with van der Waals surface area (Å²) in [6, 6.07) is 0. The number of ether oxygens (including phenoxy) is 1. The highest BCUT2D eigenvalue weighted by Gasteiger charge is 2.73. The number of hydrogen-bond acceptors (Lipinski definition) is 6. The second-order valence-corrected chi connectivity index (χ2v) is 10.3. The number of esters is 1. The highest BCUT2D eigenvalue weighted by Crippen LogP contribution is 2.63. The van der Waals surface area contributed by atoms with Gasteiger partial charge in [-0.1, -0.05) is 39.8 Å². The Morgan fingerprint density at radius 3 is 2.53 bits per heavy atom. The first-order chi connectivity index (χ1) is 13.9. The molecule has 3 aliphatic rings. The van der Waals surface area contributed by atoms with Crippen molar-refractivity contribution >= 4 is 11.8 Å². The maximum absolute atomic E-state index is 14.0. The predicted octanol–water partition coefficient (Wildman–Crippen LogP) is 2.56. The van der Waals surface area contributed by atoms with Crippen LogP contribution in [0.3, 0.4) is 0 Å². The minimum atomic E-state index is -1.99. The quantitative estimate of drug-likeness (QED) is 0.368. The average molecular weight is 421 g/mol. The highest BCUT2D eigenvalue weighted by molar-refractivity contribution is 5.93. The van der Waals surface area contributed by atoms with E-state index in [9.17, 15) is 24.9 Å². The van der Waals surface area contributed by atoms with Crippen molar-refractivity contribution in [2.75, 3.05) is 6.61 Å². The van der Waals surface area contributed by atoms with Crippen LogP contribution in [0.15, 0.2) is 23.3 Å². The third-order valence-electron chi connectivity index (χ3n) is 8.54. The Balaban J connectivity index is 2.22. The van der Waals surface area contributed by atoms with Crippen LogP contribution in [0.25, 0.3) is 0 Å². The number of fused-ring (bicyclic) bond motifs is 1. The zero-order chi connectivity index (χ0) is 22.6. The molecule has 6 nitrogen and oxygen atoms in total. The normalized spacial score (nSPS) is 43.4. The zero-order valence-corrected chi connectivity index (χ0v) is 18.9. The van der Waals surface area contributed by atoms with Crippen molar-refractivity contribution in [1.29, 1.82) is 0 Å². The fraction of sp³-hybridized carbons (Fsp3) is 0.750. The van der Waals surface area contributed by atoms with E-state index < -0.39 is 47.1 Å². The molecule has 3 N–H and O–H groups in total. The van der Waals surface area contributed by atoms with Crippen LogP contribution in [-0.4, -0.2) is 51.5 Å². The van der Waals surface area contributed by atoms with E-state index in [4.69, 9.17) is 4.74 Å². The van der Waals surface area contributed by atoms with Crippen LogP contribution in [0, 0.1) is 28.6 Å². The van der Waals surface area contributed by atoms with Crippen LogP contribution in [0.1, 0.15) is 60.8 Å². The zero-order valence-electron chi connectivity index (χ0n) is 18.9. The lowest BCUT2D eigenvalue weighted by molar-refractivity contribution is -0.201. The van der Waals surface area contributed by atoms with E-state index in [1.54, 1.807) is 26.0 Å². The molecular weight excluding hydrogens is 384 g/mol. The second-order valence-electron chi connectivity index (χ2n) is 10.3. The van der Waals surface area contributed by atoms with Crippen LogP contribution < -0.4 is 0 Å². The molecule has 0 aromatic heterocycles. The molecule has 3 aliphatic carbocycles. The maximum atomic E-state index is 14.0. The number of hydrogen-bond donors (Lipinski definition) is 3. The van der Waals surface area contributed by atoms with Gasteiger partial charge in [0.05, 0.1) is 12.0 Å². The number of aliphatic hydroxyl groups is 3. The van der Waals surface area contributed by atoms with Gasteiger partial charge < -0.3 is 20.1 Å². The van der Waals surface area contributed by atoms with Crippen LogP contribution in [0.4, 0.5) is 0 Å². The van der Waals surface area contributed by atoms with Gasteiger partial charge in [-0.3, -0.25) is 4.79 Å². The fourth-order valence-electron chi connectivity index (χ4n) is 5.99. The smallest absolute Gasteiger partial charge is 0.333 e. The molecular formula is C24H36O6. The lowest BCUT2D eigenvalue weighted by atomic mass is 9.63. The minimum absolute atomic E-state index is 0.116. The van der Waals surface area contributed by atoms with E-state index in [0.29, 0.717) is 24.8 Å². The van der Waals surface area contributed by atoms with Gasteiger partial charge >= 0.3 is 5.97 Å². The van der Waals surface area contributed by atoms with Crippen molar-refractivity contribution in [3.63, 3.8) is 0 Å². The van der Waals surface area contributed by atoms with Crippen molar-refractivity contribution in [3.8, 4) is 0 Å². The summed E-state index contributed by atoms with van der Waals surface area (Å²) < 4.78 is 5.74. The number of carbonyl (C=O) groups is 2. The Labute approximate surface area is 179 Å². The number of ketones is 1. The van der Waals surface area contributed by atoms with Crippen LogP contribution in [0.2, 0.25) is 0 Å². The molecule has 0 heterocycles. The van der Waals surface area contributed by atoms with Crippen LogP contribution in [0.5, 0.6) is 0 Å². The van der Waals surface area contributed by atoms with Crippen molar-refractivity contribution < 1.29 is 29.6 Å². The third kappa shape index (κ3) is 2.94. The van der Waals surface area contributed by atoms with Gasteiger partial charge in [0.2, 0.25) is 0 Å². The number of Topliss-reactive ketones (excluding diaryl/α,β-unsaturated/α-hetero) is 1. The number of allylic oxidation sites excluding steroid dienone is 2. The first-order valence-electron chi connectivity index (χ1n) is 11.0. The first kappa shape index (κ1) is 23.2. The fourth-order valence-corrected chi connectivity index (χ4v) is 5.99. The van der Waals surface area contributed by atoms with Gasteiger partial charge in [-0.2, -0.15) is 0 Å². The molecule has 2 fully saturated rings. The van der Waals surface area contributed by atoms with Crippen LogP contribution in [-0.2, 0) is 14.3 Å². The summed E-state index contributed by atoms with van der Waals surface area (Å²) in [5.74, 6) is -1.35. The standard InChI is InChI=1S/C24H36O6/c1-7-13(2)21(28)30-20-14(3)11-23-9-8-15(4)22(5,6)17(19(23)27)10-16(12-25)18(26)24(20,23)29/h7,10,14-15,17-18,20,25-26,29H,8-9,11-12H2,1-6H3/b13-7-. The molecule has 0 aromatic rings. The van der Waals surface area contributed by atoms with Crippen molar-refractivity contribution in [2.45, 2.75) is 78.6 Å². The van der Waals surface area contributed by atoms with Gasteiger partial charge in [0.1, 0.15) is 23.6 Å². The van der Waals surface area contributed by atoms with Crippen molar-refractivity contribution in [1.82, 2.24) is 0 Å². The van der Waals surface area contributed by atoms with Gasteiger partial charge in [-0.25, -0.2) is 4.79 Å². The molecule has 0 aliphatic heterocycles. The topological polar surface area (TPSA) is 104 Å². The summed E-state index contributed by atoms with van der Waals surface area (Å²) in [6.07, 6.45) is 2.20. The van der Waals surface area contributed by atoms with Crippen molar-refractivity contribution in [2.24, 2.45) is 28.6 Å². The highest BCUT2D eigenvalue weighted by atomic mass is 16.6. The molecule has 1 spiro atoms. The average Bonchev–Trinajstić information content (AvgIpc) is 2.85. The second kappa shape index (κ2) is 7.57. The SMILES string of the molecule is C/C=C(/C)C(=O)OC1C(C)CC23CCC(C)C(C)(C)C(C=C(CO)C(O)C12O)C3=O. The number of rotatable bonds is 3. The summed E-state index contributed by atoms with van der Waals surface area (Å²) in [4.78, 5) is 26.6. The van der Waals surface area contributed by atoms with E-state index in [1.807, 2.05) is 20.8 Å². The summed E-state index contributed by atoms with van der Waals surface area (Å²) in [6.45, 7) is 10.9. The number of carbonyl (C=O) groups excluding carboxylic acids is 2. The molecule has 0 radical (unpaired) electrons. The van der Waals surface area contributed by atoms with Gasteiger partial charge in [0, 0.05) is 11.5 Å². The predicted molar refractivity (Wildman–Crippen MR) is 112 cm³/mol.